The lowest BCUT2D eigenvalue weighted by atomic mass is 10.2. The fourth-order valence-electron chi connectivity index (χ4n) is 3.45. The second-order valence-corrected chi connectivity index (χ2v) is 6.62. The molecule has 1 aliphatic rings. The topological polar surface area (TPSA) is 31.3 Å². The molecule has 2 aromatic rings. The van der Waals surface area contributed by atoms with Gasteiger partial charge in [0.2, 0.25) is 0 Å². The van der Waals surface area contributed by atoms with Crippen LogP contribution in [-0.4, -0.2) is 57.6 Å². The van der Waals surface area contributed by atoms with E-state index in [9.17, 15) is 0 Å². The Morgan fingerprint density at radius 1 is 0.963 bits per heavy atom. The number of rotatable bonds is 7. The van der Waals surface area contributed by atoms with E-state index in [1.165, 1.54) is 5.69 Å². The molecule has 5 nitrogen and oxygen atoms in total. The molecule has 0 spiro atoms. The maximum absolute atomic E-state index is 5.48. The SMILES string of the molecule is CCN(CC)c1ccc(/C=N\N2CCN(c3ccccc3OC)CC2)cc1. The number of ether oxygens (including phenoxy) is 1. The lowest BCUT2D eigenvalue weighted by Gasteiger charge is -2.35. The number of para-hydroxylation sites is 2. The Labute approximate surface area is 162 Å². The van der Waals surface area contributed by atoms with Crippen molar-refractivity contribution in [1.82, 2.24) is 5.01 Å². The van der Waals surface area contributed by atoms with Crippen LogP contribution in [0.5, 0.6) is 5.75 Å². The van der Waals surface area contributed by atoms with E-state index in [0.29, 0.717) is 0 Å². The molecule has 27 heavy (non-hydrogen) atoms. The molecular weight excluding hydrogens is 336 g/mol. The van der Waals surface area contributed by atoms with Crippen molar-refractivity contribution in [3.63, 3.8) is 0 Å². The summed E-state index contributed by atoms with van der Waals surface area (Å²) in [6.45, 7) is 10.1. The summed E-state index contributed by atoms with van der Waals surface area (Å²) in [7, 11) is 1.73. The van der Waals surface area contributed by atoms with E-state index in [-0.39, 0.29) is 0 Å². The highest BCUT2D eigenvalue weighted by atomic mass is 16.5. The standard InChI is InChI=1S/C22H30N4O/c1-4-24(5-2)20-12-10-19(11-13-20)18-23-26-16-14-25(15-17-26)21-8-6-7-9-22(21)27-3/h6-13,18H,4-5,14-17H2,1-3H3/b23-18-. The molecule has 1 heterocycles. The Kier molecular flexibility index (Phi) is 6.58. The predicted octanol–water partition coefficient (Wildman–Crippen LogP) is 3.70. The second kappa shape index (κ2) is 9.31. The van der Waals surface area contributed by atoms with Crippen LogP contribution in [-0.2, 0) is 0 Å². The Hall–Kier alpha value is -2.69. The monoisotopic (exact) mass is 366 g/mol. The van der Waals surface area contributed by atoms with Gasteiger partial charge in [-0.25, -0.2) is 0 Å². The zero-order valence-electron chi connectivity index (χ0n) is 16.6. The lowest BCUT2D eigenvalue weighted by Crippen LogP contribution is -2.44. The Balaban J connectivity index is 1.56. The van der Waals surface area contributed by atoms with E-state index in [4.69, 9.17) is 4.74 Å². The first-order valence-electron chi connectivity index (χ1n) is 9.77. The number of hydrazone groups is 1. The van der Waals surface area contributed by atoms with Gasteiger partial charge >= 0.3 is 0 Å². The van der Waals surface area contributed by atoms with Gasteiger partial charge in [0.15, 0.2) is 0 Å². The van der Waals surface area contributed by atoms with Gasteiger partial charge in [-0.2, -0.15) is 5.10 Å². The largest absolute Gasteiger partial charge is 0.495 e. The third kappa shape index (κ3) is 4.73. The Morgan fingerprint density at radius 3 is 2.26 bits per heavy atom. The quantitative estimate of drug-likeness (QED) is 0.699. The van der Waals surface area contributed by atoms with Crippen LogP contribution in [0.2, 0.25) is 0 Å². The average Bonchev–Trinajstić information content (AvgIpc) is 2.74. The summed E-state index contributed by atoms with van der Waals surface area (Å²) in [6, 6.07) is 16.8. The fraction of sp³-hybridized carbons (Fsp3) is 0.409. The number of piperazine rings is 1. The van der Waals surface area contributed by atoms with E-state index < -0.39 is 0 Å². The number of nitrogens with zero attached hydrogens (tertiary/aromatic N) is 4. The van der Waals surface area contributed by atoms with Crippen molar-refractivity contribution < 1.29 is 4.74 Å². The van der Waals surface area contributed by atoms with Gasteiger partial charge in [0, 0.05) is 31.9 Å². The molecule has 0 N–H and O–H groups in total. The molecule has 1 fully saturated rings. The number of hydrogen-bond donors (Lipinski definition) is 0. The summed E-state index contributed by atoms with van der Waals surface area (Å²) in [5.74, 6) is 0.933. The van der Waals surface area contributed by atoms with Gasteiger partial charge in [-0.1, -0.05) is 24.3 Å². The van der Waals surface area contributed by atoms with Crippen LogP contribution >= 0.6 is 0 Å². The fourth-order valence-corrected chi connectivity index (χ4v) is 3.45. The summed E-state index contributed by atoms with van der Waals surface area (Å²) in [6.07, 6.45) is 1.96. The first-order chi connectivity index (χ1) is 13.2. The molecule has 0 aliphatic carbocycles. The first-order valence-corrected chi connectivity index (χ1v) is 9.77. The van der Waals surface area contributed by atoms with Crippen LogP contribution in [0.4, 0.5) is 11.4 Å². The number of hydrogen-bond acceptors (Lipinski definition) is 5. The van der Waals surface area contributed by atoms with Crippen molar-refractivity contribution in [3.05, 3.63) is 54.1 Å². The van der Waals surface area contributed by atoms with Gasteiger partial charge in [0.1, 0.15) is 5.75 Å². The highest BCUT2D eigenvalue weighted by molar-refractivity contribution is 5.80. The van der Waals surface area contributed by atoms with Gasteiger partial charge < -0.3 is 14.5 Å². The molecule has 0 radical (unpaired) electrons. The molecule has 0 bridgehead atoms. The molecular formula is C22H30N4O. The molecule has 5 heteroatoms. The van der Waals surface area contributed by atoms with Gasteiger partial charge in [0.25, 0.3) is 0 Å². The zero-order valence-corrected chi connectivity index (χ0v) is 16.6. The normalized spacial score (nSPS) is 14.6. The highest BCUT2D eigenvalue weighted by Gasteiger charge is 2.18. The van der Waals surface area contributed by atoms with E-state index in [0.717, 1.165) is 56.3 Å². The summed E-state index contributed by atoms with van der Waals surface area (Å²) in [4.78, 5) is 4.71. The smallest absolute Gasteiger partial charge is 0.142 e. The maximum Gasteiger partial charge on any atom is 0.142 e. The highest BCUT2D eigenvalue weighted by Crippen LogP contribution is 2.28. The molecule has 144 valence electrons. The minimum Gasteiger partial charge on any atom is -0.495 e. The van der Waals surface area contributed by atoms with Crippen LogP contribution in [0.1, 0.15) is 19.4 Å². The summed E-state index contributed by atoms with van der Waals surface area (Å²) >= 11 is 0. The van der Waals surface area contributed by atoms with Gasteiger partial charge in [-0.05, 0) is 43.7 Å². The van der Waals surface area contributed by atoms with Crippen LogP contribution in [0, 0.1) is 0 Å². The molecule has 0 aromatic heterocycles. The summed E-state index contributed by atoms with van der Waals surface area (Å²) < 4.78 is 5.48. The third-order valence-corrected chi connectivity index (χ3v) is 5.07. The first kappa shape index (κ1) is 19.1. The minimum atomic E-state index is 0.909. The lowest BCUT2D eigenvalue weighted by molar-refractivity contribution is 0.271. The third-order valence-electron chi connectivity index (χ3n) is 5.07. The number of benzene rings is 2. The van der Waals surface area contributed by atoms with Crippen LogP contribution < -0.4 is 14.5 Å². The van der Waals surface area contributed by atoms with Crippen molar-refractivity contribution in [3.8, 4) is 5.75 Å². The summed E-state index contributed by atoms with van der Waals surface area (Å²) in [5.41, 5.74) is 3.57. The maximum atomic E-state index is 5.48. The number of methoxy groups -OCH3 is 1. The second-order valence-electron chi connectivity index (χ2n) is 6.62. The molecule has 2 aromatic carbocycles. The van der Waals surface area contributed by atoms with Crippen LogP contribution in [0.3, 0.4) is 0 Å². The Bertz CT molecular complexity index is 732. The molecule has 0 saturated carbocycles. The molecule has 0 atom stereocenters. The van der Waals surface area contributed by atoms with E-state index in [1.807, 2.05) is 18.3 Å². The molecule has 0 amide bonds. The molecule has 3 rings (SSSR count). The van der Waals surface area contributed by atoms with Crippen molar-refractivity contribution >= 4 is 17.6 Å². The average molecular weight is 367 g/mol. The molecule has 0 unspecified atom stereocenters. The van der Waals surface area contributed by atoms with Crippen LogP contribution in [0.15, 0.2) is 53.6 Å². The van der Waals surface area contributed by atoms with Gasteiger partial charge in [-0.15, -0.1) is 0 Å². The van der Waals surface area contributed by atoms with Crippen molar-refractivity contribution in [2.45, 2.75) is 13.8 Å². The van der Waals surface area contributed by atoms with Gasteiger partial charge in [0.05, 0.1) is 32.1 Å². The van der Waals surface area contributed by atoms with Crippen LogP contribution in [0.25, 0.3) is 0 Å². The predicted molar refractivity (Wildman–Crippen MR) is 114 cm³/mol. The van der Waals surface area contributed by atoms with E-state index in [2.05, 4.69) is 70.2 Å². The zero-order chi connectivity index (χ0) is 19.1. The molecule has 1 saturated heterocycles. The summed E-state index contributed by atoms with van der Waals surface area (Å²) in [5, 5.41) is 6.82. The Morgan fingerprint density at radius 2 is 1.63 bits per heavy atom. The molecule has 1 aliphatic heterocycles. The van der Waals surface area contributed by atoms with Crippen molar-refractivity contribution in [2.75, 3.05) is 56.2 Å². The van der Waals surface area contributed by atoms with E-state index in [1.54, 1.807) is 7.11 Å². The van der Waals surface area contributed by atoms with Crippen molar-refractivity contribution in [1.29, 1.82) is 0 Å². The van der Waals surface area contributed by atoms with E-state index >= 15 is 0 Å². The van der Waals surface area contributed by atoms with Crippen molar-refractivity contribution in [2.24, 2.45) is 5.10 Å². The van der Waals surface area contributed by atoms with Gasteiger partial charge in [-0.3, -0.25) is 5.01 Å². The number of anilines is 2. The minimum absolute atomic E-state index is 0.909.